The van der Waals surface area contributed by atoms with E-state index < -0.39 is 12.7 Å². The molecule has 0 aromatic heterocycles. The van der Waals surface area contributed by atoms with Crippen molar-refractivity contribution in [2.45, 2.75) is 32.0 Å². The van der Waals surface area contributed by atoms with Crippen LogP contribution in [-0.4, -0.2) is 68.3 Å². The topological polar surface area (TPSA) is 68.8 Å². The van der Waals surface area contributed by atoms with Gasteiger partial charge in [0, 0.05) is 32.2 Å². The number of guanidine groups is 1. The number of likely N-dealkylation sites (tertiary alicyclic amines) is 1. The number of rotatable bonds is 8. The number of halogens is 4. The Balaban J connectivity index is 1.73. The van der Waals surface area contributed by atoms with Gasteiger partial charge in [0.25, 0.3) is 0 Å². The van der Waals surface area contributed by atoms with E-state index in [-0.39, 0.29) is 24.2 Å². The highest BCUT2D eigenvalue weighted by molar-refractivity contribution is 5.80. The summed E-state index contributed by atoms with van der Waals surface area (Å²) in [5, 5.41) is 8.94. The van der Waals surface area contributed by atoms with Crippen LogP contribution in [0.25, 0.3) is 0 Å². The summed E-state index contributed by atoms with van der Waals surface area (Å²) in [6, 6.07) is 5.62. The number of nitrogens with zero attached hydrogens (tertiary/aromatic N) is 2. The zero-order valence-electron chi connectivity index (χ0n) is 16.4. The molecule has 162 valence electrons. The number of benzene rings is 1. The van der Waals surface area contributed by atoms with E-state index in [1.165, 1.54) is 17.0 Å². The van der Waals surface area contributed by atoms with Gasteiger partial charge in [-0.3, -0.25) is 14.7 Å². The molecule has 2 rings (SSSR count). The molecule has 1 aliphatic rings. The van der Waals surface area contributed by atoms with Gasteiger partial charge in [-0.05, 0) is 31.0 Å². The smallest absolute Gasteiger partial charge is 0.357 e. The summed E-state index contributed by atoms with van der Waals surface area (Å²) < 4.78 is 50.4. The summed E-state index contributed by atoms with van der Waals surface area (Å²) in [5.41, 5.74) is 0.715. The molecule has 1 heterocycles. The largest absolute Gasteiger partial charge is 0.401 e. The number of hydrogen-bond donors (Lipinski definition) is 3. The van der Waals surface area contributed by atoms with Gasteiger partial charge in [0.2, 0.25) is 5.91 Å². The zero-order chi connectivity index (χ0) is 21.3. The summed E-state index contributed by atoms with van der Waals surface area (Å²) in [4.78, 5) is 17.6. The van der Waals surface area contributed by atoms with Crippen molar-refractivity contribution in [1.29, 1.82) is 0 Å². The van der Waals surface area contributed by atoms with Crippen LogP contribution in [0.4, 0.5) is 17.6 Å². The number of aliphatic imine (C=N–C) groups is 1. The molecule has 1 aliphatic heterocycles. The first kappa shape index (κ1) is 22.9. The molecule has 0 saturated carbocycles. The molecule has 1 aromatic rings. The standard InChI is InChI=1S/C19H27F4N5O/c1-2-24-18(27-16-7-10-28(12-16)13-19(21,22)23)26-9-8-25-17(29)11-14-3-5-15(20)6-4-14/h3-6,16H,2,7-13H2,1H3,(H,25,29)(H2,24,26,27). The van der Waals surface area contributed by atoms with Crippen molar-refractivity contribution in [3.8, 4) is 0 Å². The number of hydrogen-bond acceptors (Lipinski definition) is 3. The molecular formula is C19H27F4N5O. The Bertz CT molecular complexity index is 678. The van der Waals surface area contributed by atoms with Crippen molar-refractivity contribution >= 4 is 11.9 Å². The third-order valence-corrected chi connectivity index (χ3v) is 4.34. The lowest BCUT2D eigenvalue weighted by Gasteiger charge is -2.19. The average Bonchev–Trinajstić information content (AvgIpc) is 3.05. The minimum Gasteiger partial charge on any atom is -0.357 e. The van der Waals surface area contributed by atoms with Crippen molar-refractivity contribution in [1.82, 2.24) is 20.9 Å². The van der Waals surface area contributed by atoms with Gasteiger partial charge in [0.05, 0.1) is 19.5 Å². The van der Waals surface area contributed by atoms with E-state index in [0.717, 1.165) is 0 Å². The molecule has 1 saturated heterocycles. The van der Waals surface area contributed by atoms with Gasteiger partial charge in [-0.2, -0.15) is 13.2 Å². The molecule has 10 heteroatoms. The van der Waals surface area contributed by atoms with E-state index in [1.54, 1.807) is 12.1 Å². The second-order valence-corrected chi connectivity index (χ2v) is 6.89. The van der Waals surface area contributed by atoms with Crippen molar-refractivity contribution in [2.75, 3.05) is 39.3 Å². The Hall–Kier alpha value is -2.36. The monoisotopic (exact) mass is 417 g/mol. The quantitative estimate of drug-likeness (QED) is 0.261. The number of carbonyl (C=O) groups excluding carboxylic acids is 1. The molecule has 29 heavy (non-hydrogen) atoms. The predicted octanol–water partition coefficient (Wildman–Crippen LogP) is 1.68. The van der Waals surface area contributed by atoms with Crippen molar-refractivity contribution < 1.29 is 22.4 Å². The Kier molecular flexibility index (Phi) is 8.69. The third kappa shape index (κ3) is 9.12. The highest BCUT2D eigenvalue weighted by Crippen LogP contribution is 2.19. The van der Waals surface area contributed by atoms with E-state index in [1.807, 2.05) is 6.92 Å². The maximum atomic E-state index is 12.9. The van der Waals surface area contributed by atoms with Crippen molar-refractivity contribution in [3.63, 3.8) is 0 Å². The van der Waals surface area contributed by atoms with E-state index in [2.05, 4.69) is 20.9 Å². The van der Waals surface area contributed by atoms with Crippen LogP contribution in [0.3, 0.4) is 0 Å². The molecule has 0 spiro atoms. The van der Waals surface area contributed by atoms with Crippen LogP contribution in [0.2, 0.25) is 0 Å². The van der Waals surface area contributed by atoms with Crippen LogP contribution in [0.15, 0.2) is 29.3 Å². The van der Waals surface area contributed by atoms with Gasteiger partial charge in [0.1, 0.15) is 5.82 Å². The minimum atomic E-state index is -4.19. The lowest BCUT2D eigenvalue weighted by atomic mass is 10.1. The van der Waals surface area contributed by atoms with E-state index in [0.29, 0.717) is 50.7 Å². The Morgan fingerprint density at radius 2 is 1.97 bits per heavy atom. The van der Waals surface area contributed by atoms with Crippen LogP contribution in [-0.2, 0) is 11.2 Å². The molecule has 0 bridgehead atoms. The lowest BCUT2D eigenvalue weighted by molar-refractivity contribution is -0.143. The van der Waals surface area contributed by atoms with Crippen LogP contribution < -0.4 is 16.0 Å². The predicted molar refractivity (Wildman–Crippen MR) is 103 cm³/mol. The van der Waals surface area contributed by atoms with Gasteiger partial charge >= 0.3 is 6.18 Å². The average molecular weight is 417 g/mol. The molecule has 6 nitrogen and oxygen atoms in total. The Labute approximate surface area is 167 Å². The number of alkyl halides is 3. The Morgan fingerprint density at radius 1 is 1.24 bits per heavy atom. The number of carbonyl (C=O) groups is 1. The van der Waals surface area contributed by atoms with Gasteiger partial charge in [0.15, 0.2) is 5.96 Å². The van der Waals surface area contributed by atoms with E-state index >= 15 is 0 Å². The first-order chi connectivity index (χ1) is 13.7. The number of nitrogens with one attached hydrogen (secondary N) is 3. The summed E-state index contributed by atoms with van der Waals surface area (Å²) in [6.07, 6.45) is -3.44. The van der Waals surface area contributed by atoms with Crippen molar-refractivity contribution in [2.24, 2.45) is 4.99 Å². The molecule has 1 aromatic carbocycles. The molecule has 0 aliphatic carbocycles. The lowest BCUT2D eigenvalue weighted by Crippen LogP contribution is -2.45. The second-order valence-electron chi connectivity index (χ2n) is 6.89. The highest BCUT2D eigenvalue weighted by Gasteiger charge is 2.34. The van der Waals surface area contributed by atoms with Gasteiger partial charge < -0.3 is 16.0 Å². The zero-order valence-corrected chi connectivity index (χ0v) is 16.4. The fourth-order valence-corrected chi connectivity index (χ4v) is 3.07. The minimum absolute atomic E-state index is 0.108. The molecule has 1 unspecified atom stereocenters. The Morgan fingerprint density at radius 3 is 2.62 bits per heavy atom. The maximum absolute atomic E-state index is 12.9. The summed E-state index contributed by atoms with van der Waals surface area (Å²) in [7, 11) is 0. The van der Waals surface area contributed by atoms with Crippen molar-refractivity contribution in [3.05, 3.63) is 35.6 Å². The number of amides is 1. The first-order valence-electron chi connectivity index (χ1n) is 9.60. The van der Waals surface area contributed by atoms with E-state index in [4.69, 9.17) is 0 Å². The van der Waals surface area contributed by atoms with E-state index in [9.17, 15) is 22.4 Å². The fourth-order valence-electron chi connectivity index (χ4n) is 3.07. The maximum Gasteiger partial charge on any atom is 0.401 e. The molecule has 1 amide bonds. The fraction of sp³-hybridized carbons (Fsp3) is 0.579. The molecule has 1 atom stereocenters. The van der Waals surface area contributed by atoms with Gasteiger partial charge in [-0.15, -0.1) is 0 Å². The highest BCUT2D eigenvalue weighted by atomic mass is 19.4. The SMILES string of the molecule is CCNC(=NCCNC(=O)Cc1ccc(F)cc1)NC1CCN(CC(F)(F)F)C1. The molecule has 3 N–H and O–H groups in total. The molecule has 0 radical (unpaired) electrons. The van der Waals surface area contributed by atoms with Crippen LogP contribution >= 0.6 is 0 Å². The summed E-state index contributed by atoms with van der Waals surface area (Å²) >= 11 is 0. The second kappa shape index (κ2) is 11.0. The summed E-state index contributed by atoms with van der Waals surface area (Å²) in [6.45, 7) is 2.94. The van der Waals surface area contributed by atoms with Crippen LogP contribution in [0, 0.1) is 5.82 Å². The third-order valence-electron chi connectivity index (χ3n) is 4.34. The normalized spacial score (nSPS) is 18.0. The first-order valence-corrected chi connectivity index (χ1v) is 9.60. The van der Waals surface area contributed by atoms with Crippen LogP contribution in [0.5, 0.6) is 0 Å². The van der Waals surface area contributed by atoms with Crippen LogP contribution in [0.1, 0.15) is 18.9 Å². The van der Waals surface area contributed by atoms with Gasteiger partial charge in [-0.25, -0.2) is 4.39 Å². The molecule has 1 fully saturated rings. The molecular weight excluding hydrogens is 390 g/mol. The summed E-state index contributed by atoms with van der Waals surface area (Å²) in [5.74, 6) is -0.0294. The van der Waals surface area contributed by atoms with Gasteiger partial charge in [-0.1, -0.05) is 12.1 Å².